The zero-order chi connectivity index (χ0) is 17.7. The van der Waals surface area contributed by atoms with Crippen molar-refractivity contribution in [3.63, 3.8) is 0 Å². The maximum absolute atomic E-state index is 10.6. The number of unbranched alkanes of at least 4 members (excludes halogenated alkanes) is 15. The Balaban J connectivity index is 3.04. The predicted molar refractivity (Wildman–Crippen MR) is 109 cm³/mol. The summed E-state index contributed by atoms with van der Waals surface area (Å²) in [7, 11) is 0. The van der Waals surface area contributed by atoms with Gasteiger partial charge in [-0.1, -0.05) is 96.1 Å². The first-order chi connectivity index (χ1) is 11.8. The lowest BCUT2D eigenvalue weighted by atomic mass is 10.0. The lowest BCUT2D eigenvalue weighted by molar-refractivity contribution is -0.111. The summed E-state index contributed by atoms with van der Waals surface area (Å²) in [5.74, 6) is 0. The summed E-state index contributed by atoms with van der Waals surface area (Å²) in [6.07, 6.45) is 27.8. The Morgan fingerprint density at radius 3 is 1.42 bits per heavy atom. The van der Waals surface area contributed by atoms with E-state index in [0.29, 0.717) is 6.42 Å². The lowest BCUT2D eigenvalue weighted by Crippen LogP contribution is -1.86. The summed E-state index contributed by atoms with van der Waals surface area (Å²) in [5.41, 5.74) is 0. The number of carbonyl (C=O) groups excluding carboxylic acids is 1. The molecule has 0 aliphatic rings. The minimum Gasteiger partial charge on any atom is -0.281 e. The van der Waals surface area contributed by atoms with Crippen LogP contribution in [0.5, 0.6) is 0 Å². The molecule has 0 amide bonds. The molecule has 0 aromatic carbocycles. The minimum atomic E-state index is -0.182. The number of allylic oxidation sites excluding steroid dienone is 2. The molecule has 0 saturated carbocycles. The number of halogens is 1. The van der Waals surface area contributed by atoms with E-state index < -0.39 is 0 Å². The van der Waals surface area contributed by atoms with Crippen LogP contribution in [0, 0.1) is 0 Å². The molecule has 0 unspecified atom stereocenters. The van der Waals surface area contributed by atoms with Gasteiger partial charge in [0.15, 0.2) is 0 Å². The van der Waals surface area contributed by atoms with E-state index in [4.69, 9.17) is 11.6 Å². The Morgan fingerprint density at radius 1 is 0.625 bits per heavy atom. The quantitative estimate of drug-likeness (QED) is 0.129. The van der Waals surface area contributed by atoms with Crippen molar-refractivity contribution in [3.8, 4) is 0 Å². The van der Waals surface area contributed by atoms with Gasteiger partial charge in [-0.15, -0.1) is 0 Å². The van der Waals surface area contributed by atoms with Gasteiger partial charge in [-0.3, -0.25) is 4.79 Å². The third-order valence-corrected chi connectivity index (χ3v) is 4.82. The fraction of sp³-hybridized carbons (Fsp3) is 0.864. The van der Waals surface area contributed by atoms with Crippen LogP contribution >= 0.6 is 11.6 Å². The largest absolute Gasteiger partial charge is 0.281 e. The number of rotatable bonds is 19. The maximum atomic E-state index is 10.6. The Hall–Kier alpha value is -0.300. The highest BCUT2D eigenvalue weighted by Crippen LogP contribution is 2.13. The molecule has 0 N–H and O–H groups in total. The first-order valence-electron chi connectivity index (χ1n) is 10.6. The van der Waals surface area contributed by atoms with Crippen molar-refractivity contribution in [1.82, 2.24) is 0 Å². The monoisotopic (exact) mass is 356 g/mol. The first kappa shape index (κ1) is 23.7. The third-order valence-electron chi connectivity index (χ3n) is 4.64. The zero-order valence-corrected chi connectivity index (χ0v) is 16.9. The van der Waals surface area contributed by atoms with Gasteiger partial charge in [-0.05, 0) is 43.7 Å². The molecule has 0 radical (unpaired) electrons. The summed E-state index contributed by atoms with van der Waals surface area (Å²) in [5, 5.41) is -0.182. The fourth-order valence-electron chi connectivity index (χ4n) is 3.04. The molecule has 0 aromatic heterocycles. The molecular formula is C22H41ClO. The van der Waals surface area contributed by atoms with Crippen LogP contribution in [-0.2, 0) is 4.79 Å². The highest BCUT2D eigenvalue weighted by molar-refractivity contribution is 6.63. The van der Waals surface area contributed by atoms with Gasteiger partial charge in [0.05, 0.1) is 0 Å². The molecule has 0 rings (SSSR count). The summed E-state index contributed by atoms with van der Waals surface area (Å²) in [6.45, 7) is 2.26. The van der Waals surface area contributed by atoms with Crippen LogP contribution in [0.1, 0.15) is 122 Å². The average Bonchev–Trinajstić information content (AvgIpc) is 2.56. The molecule has 142 valence electrons. The third kappa shape index (κ3) is 21.7. The minimum absolute atomic E-state index is 0.182. The Kier molecular flexibility index (Phi) is 20.5. The van der Waals surface area contributed by atoms with Crippen molar-refractivity contribution in [3.05, 3.63) is 12.2 Å². The SMILES string of the molecule is CCCCC/C=C/CCCCCCCCCCCCCCC(=O)Cl. The average molecular weight is 357 g/mol. The van der Waals surface area contributed by atoms with Gasteiger partial charge in [0.2, 0.25) is 5.24 Å². The summed E-state index contributed by atoms with van der Waals surface area (Å²) in [4.78, 5) is 10.6. The van der Waals surface area contributed by atoms with Gasteiger partial charge in [-0.2, -0.15) is 0 Å². The number of carbonyl (C=O) groups is 1. The molecule has 2 heteroatoms. The summed E-state index contributed by atoms with van der Waals surface area (Å²) in [6, 6.07) is 0. The van der Waals surface area contributed by atoms with E-state index in [1.807, 2.05) is 0 Å². The van der Waals surface area contributed by atoms with Gasteiger partial charge < -0.3 is 0 Å². The topological polar surface area (TPSA) is 17.1 Å². The highest BCUT2D eigenvalue weighted by atomic mass is 35.5. The Labute approximate surface area is 156 Å². The molecule has 0 aromatic rings. The van der Waals surface area contributed by atoms with E-state index in [2.05, 4.69) is 19.1 Å². The van der Waals surface area contributed by atoms with Crippen molar-refractivity contribution in [2.75, 3.05) is 0 Å². The van der Waals surface area contributed by atoms with E-state index in [9.17, 15) is 4.79 Å². The second kappa shape index (κ2) is 20.7. The molecule has 0 atom stereocenters. The van der Waals surface area contributed by atoms with Crippen LogP contribution in [0.25, 0.3) is 0 Å². The second-order valence-electron chi connectivity index (χ2n) is 7.10. The van der Waals surface area contributed by atoms with Gasteiger partial charge in [-0.25, -0.2) is 0 Å². The van der Waals surface area contributed by atoms with Gasteiger partial charge in [0, 0.05) is 6.42 Å². The second-order valence-corrected chi connectivity index (χ2v) is 7.53. The zero-order valence-electron chi connectivity index (χ0n) is 16.2. The van der Waals surface area contributed by atoms with Crippen LogP contribution in [0.2, 0.25) is 0 Å². The van der Waals surface area contributed by atoms with Crippen LogP contribution in [0.15, 0.2) is 12.2 Å². The number of hydrogen-bond donors (Lipinski definition) is 0. The molecule has 0 saturated heterocycles. The van der Waals surface area contributed by atoms with Gasteiger partial charge in [0.1, 0.15) is 0 Å². The van der Waals surface area contributed by atoms with Crippen molar-refractivity contribution in [1.29, 1.82) is 0 Å². The van der Waals surface area contributed by atoms with Crippen molar-refractivity contribution in [2.24, 2.45) is 0 Å². The van der Waals surface area contributed by atoms with Crippen molar-refractivity contribution in [2.45, 2.75) is 122 Å². The molecule has 24 heavy (non-hydrogen) atoms. The summed E-state index contributed by atoms with van der Waals surface area (Å²) >= 11 is 5.32. The molecular weight excluding hydrogens is 316 g/mol. The standard InChI is InChI=1S/C22H41ClO/c1-2-3-4-5-6-7-8-9-10-11-12-13-14-15-16-17-18-19-20-21-22(23)24/h6-7H,2-5,8-21H2,1H3/b7-6+. The molecule has 0 bridgehead atoms. The fourth-order valence-corrected chi connectivity index (χ4v) is 3.18. The molecule has 0 aliphatic carbocycles. The van der Waals surface area contributed by atoms with Crippen LogP contribution in [-0.4, -0.2) is 5.24 Å². The summed E-state index contributed by atoms with van der Waals surface area (Å²) < 4.78 is 0. The molecule has 0 fully saturated rings. The van der Waals surface area contributed by atoms with Crippen LogP contribution in [0.4, 0.5) is 0 Å². The lowest BCUT2D eigenvalue weighted by Gasteiger charge is -2.02. The van der Waals surface area contributed by atoms with Crippen molar-refractivity contribution >= 4 is 16.8 Å². The van der Waals surface area contributed by atoms with E-state index in [1.165, 1.54) is 96.3 Å². The first-order valence-corrected chi connectivity index (χ1v) is 11.0. The molecule has 0 heterocycles. The molecule has 0 spiro atoms. The van der Waals surface area contributed by atoms with Gasteiger partial charge >= 0.3 is 0 Å². The molecule has 1 nitrogen and oxygen atoms in total. The van der Waals surface area contributed by atoms with Gasteiger partial charge in [0.25, 0.3) is 0 Å². The van der Waals surface area contributed by atoms with E-state index >= 15 is 0 Å². The van der Waals surface area contributed by atoms with Crippen LogP contribution < -0.4 is 0 Å². The van der Waals surface area contributed by atoms with Crippen LogP contribution in [0.3, 0.4) is 0 Å². The van der Waals surface area contributed by atoms with Crippen molar-refractivity contribution < 1.29 is 4.79 Å². The number of hydrogen-bond acceptors (Lipinski definition) is 1. The Morgan fingerprint density at radius 2 is 1.00 bits per heavy atom. The normalized spacial score (nSPS) is 11.4. The maximum Gasteiger partial charge on any atom is 0.221 e. The predicted octanol–water partition coefficient (Wildman–Crippen LogP) is 8.35. The Bertz CT molecular complexity index is 286. The van der Waals surface area contributed by atoms with E-state index in [0.717, 1.165) is 12.8 Å². The molecule has 0 aliphatic heterocycles. The smallest absolute Gasteiger partial charge is 0.221 e. The highest BCUT2D eigenvalue weighted by Gasteiger charge is 1.96. The van der Waals surface area contributed by atoms with E-state index in [-0.39, 0.29) is 5.24 Å². The van der Waals surface area contributed by atoms with E-state index in [1.54, 1.807) is 0 Å².